The van der Waals surface area contributed by atoms with Gasteiger partial charge < -0.3 is 23.8 Å². The average molecular weight is 375 g/mol. The molecule has 0 spiro atoms. The number of carbonyl (C=O) groups excluding carboxylic acids is 1. The van der Waals surface area contributed by atoms with Gasteiger partial charge in [-0.2, -0.15) is 0 Å². The van der Waals surface area contributed by atoms with Crippen LogP contribution in [-0.2, 0) is 4.74 Å². The predicted octanol–water partition coefficient (Wildman–Crippen LogP) is 2.85. The minimum Gasteiger partial charge on any atom is -0.493 e. The number of rotatable bonds is 9. The Bertz CT molecular complexity index is 682. The molecule has 27 heavy (non-hydrogen) atoms. The summed E-state index contributed by atoms with van der Waals surface area (Å²) in [5.74, 6) is 4.92. The van der Waals surface area contributed by atoms with Crippen LogP contribution in [0.5, 0.6) is 17.2 Å². The first-order valence-electron chi connectivity index (χ1n) is 9.76. The monoisotopic (exact) mass is 375 g/mol. The zero-order valence-electron chi connectivity index (χ0n) is 16.6. The maximum absolute atomic E-state index is 12.4. The molecule has 0 aliphatic heterocycles. The van der Waals surface area contributed by atoms with E-state index in [0.717, 1.165) is 42.7 Å². The number of hydrogen-bond acceptors (Lipinski definition) is 6. The molecule has 0 amide bonds. The van der Waals surface area contributed by atoms with Crippen molar-refractivity contribution >= 4 is 5.97 Å². The number of benzene rings is 1. The Balaban J connectivity index is 1.28. The van der Waals surface area contributed by atoms with Gasteiger partial charge in [-0.15, -0.1) is 0 Å². The van der Waals surface area contributed by atoms with Crippen LogP contribution in [0.15, 0.2) is 12.1 Å². The highest BCUT2D eigenvalue weighted by molar-refractivity contribution is 5.91. The molecule has 1 aromatic carbocycles. The summed E-state index contributed by atoms with van der Waals surface area (Å²) in [4.78, 5) is 14.9. The summed E-state index contributed by atoms with van der Waals surface area (Å²) in [7, 11) is 6.81. The van der Waals surface area contributed by atoms with Crippen LogP contribution in [-0.4, -0.2) is 58.4 Å². The Morgan fingerprint density at radius 1 is 1.07 bits per heavy atom. The van der Waals surface area contributed by atoms with Gasteiger partial charge in [0.05, 0.1) is 33.5 Å². The fourth-order valence-electron chi connectivity index (χ4n) is 5.60. The fourth-order valence-corrected chi connectivity index (χ4v) is 5.60. The van der Waals surface area contributed by atoms with Gasteiger partial charge in [0.25, 0.3) is 0 Å². The van der Waals surface area contributed by atoms with Crippen LogP contribution < -0.4 is 14.2 Å². The molecule has 0 heterocycles. The average Bonchev–Trinajstić information content (AvgIpc) is 3.07. The Kier molecular flexibility index (Phi) is 4.93. The summed E-state index contributed by atoms with van der Waals surface area (Å²) in [6.45, 7) is 1.38. The molecule has 0 aromatic heterocycles. The molecular weight excluding hydrogens is 346 g/mol. The van der Waals surface area contributed by atoms with Crippen LogP contribution in [0.25, 0.3) is 0 Å². The molecule has 4 aliphatic carbocycles. The molecule has 4 saturated carbocycles. The summed E-state index contributed by atoms with van der Waals surface area (Å²) < 4.78 is 21.3. The molecule has 1 aromatic rings. The highest BCUT2D eigenvalue weighted by atomic mass is 16.5. The molecule has 4 aliphatic rings. The highest BCUT2D eigenvalue weighted by Gasteiger charge is 2.68. The van der Waals surface area contributed by atoms with Crippen LogP contribution in [0.3, 0.4) is 0 Å². The van der Waals surface area contributed by atoms with Crippen molar-refractivity contribution in [3.8, 4) is 17.2 Å². The van der Waals surface area contributed by atoms with Crippen LogP contribution >= 0.6 is 0 Å². The zero-order chi connectivity index (χ0) is 19.1. The van der Waals surface area contributed by atoms with E-state index in [4.69, 9.17) is 18.9 Å². The standard InChI is InChI=1S/C21H29NO5/c1-22(19-12-8-14-15(9-12)18(14)19)6-5-7-27-21(23)13-10-16(24-2)20(26-4)17(11-13)25-3/h10-12,14-15,18-19H,5-9H2,1-4H3. The van der Waals surface area contributed by atoms with E-state index >= 15 is 0 Å². The summed E-state index contributed by atoms with van der Waals surface area (Å²) in [6, 6.07) is 4.01. The Morgan fingerprint density at radius 3 is 2.19 bits per heavy atom. The van der Waals surface area contributed by atoms with Crippen LogP contribution in [0.1, 0.15) is 29.6 Å². The van der Waals surface area contributed by atoms with Gasteiger partial charge in [-0.25, -0.2) is 4.79 Å². The molecule has 0 saturated heterocycles. The molecule has 5 rings (SSSR count). The minimum absolute atomic E-state index is 0.373. The lowest BCUT2D eigenvalue weighted by Gasteiger charge is -2.27. The van der Waals surface area contributed by atoms with E-state index < -0.39 is 0 Å². The van der Waals surface area contributed by atoms with Gasteiger partial charge in [0.2, 0.25) is 5.75 Å². The number of hydrogen-bond donors (Lipinski definition) is 0. The Morgan fingerprint density at radius 2 is 1.70 bits per heavy atom. The molecule has 6 nitrogen and oxygen atoms in total. The lowest BCUT2D eigenvalue weighted by Crippen LogP contribution is -2.35. The Hall–Kier alpha value is -1.95. The van der Waals surface area contributed by atoms with Crippen molar-refractivity contribution in [2.75, 3.05) is 41.5 Å². The van der Waals surface area contributed by atoms with Crippen molar-refractivity contribution in [3.63, 3.8) is 0 Å². The second kappa shape index (κ2) is 7.23. The van der Waals surface area contributed by atoms with Crippen LogP contribution in [0.4, 0.5) is 0 Å². The number of nitrogens with zero attached hydrogens (tertiary/aromatic N) is 1. The lowest BCUT2D eigenvalue weighted by molar-refractivity contribution is 0.0482. The van der Waals surface area contributed by atoms with Crippen molar-refractivity contribution in [3.05, 3.63) is 17.7 Å². The third-order valence-corrected chi connectivity index (χ3v) is 6.72. The van der Waals surface area contributed by atoms with E-state index in [0.29, 0.717) is 29.4 Å². The molecule has 0 N–H and O–H groups in total. The highest BCUT2D eigenvalue weighted by Crippen LogP contribution is 2.71. The van der Waals surface area contributed by atoms with Gasteiger partial charge in [0, 0.05) is 12.6 Å². The van der Waals surface area contributed by atoms with Gasteiger partial charge in [0.1, 0.15) is 0 Å². The molecule has 0 radical (unpaired) electrons. The Labute approximate surface area is 160 Å². The van der Waals surface area contributed by atoms with E-state index in [1.807, 2.05) is 0 Å². The van der Waals surface area contributed by atoms with E-state index in [1.165, 1.54) is 34.2 Å². The fraction of sp³-hybridized carbons (Fsp3) is 0.667. The second-order valence-corrected chi connectivity index (χ2v) is 8.01. The van der Waals surface area contributed by atoms with Crippen molar-refractivity contribution in [2.45, 2.75) is 25.3 Å². The third-order valence-electron chi connectivity index (χ3n) is 6.72. The summed E-state index contributed by atoms with van der Waals surface area (Å²) in [5.41, 5.74) is 0.398. The van der Waals surface area contributed by atoms with Gasteiger partial charge in [-0.1, -0.05) is 0 Å². The molecule has 148 valence electrons. The quantitative estimate of drug-likeness (QED) is 0.489. The minimum atomic E-state index is -0.373. The van der Waals surface area contributed by atoms with Crippen molar-refractivity contribution in [1.82, 2.24) is 4.90 Å². The third kappa shape index (κ3) is 3.14. The number of methoxy groups -OCH3 is 3. The first kappa shape index (κ1) is 18.4. The van der Waals surface area contributed by atoms with E-state index in [1.54, 1.807) is 12.1 Å². The normalized spacial score (nSPS) is 29.7. The second-order valence-electron chi connectivity index (χ2n) is 8.01. The van der Waals surface area contributed by atoms with Crippen LogP contribution in [0.2, 0.25) is 0 Å². The van der Waals surface area contributed by atoms with Gasteiger partial charge in [0.15, 0.2) is 11.5 Å². The van der Waals surface area contributed by atoms with Crippen molar-refractivity contribution in [1.29, 1.82) is 0 Å². The van der Waals surface area contributed by atoms with Gasteiger partial charge >= 0.3 is 5.97 Å². The van der Waals surface area contributed by atoms with Gasteiger partial charge in [-0.05, 0) is 62.1 Å². The first-order valence-corrected chi connectivity index (χ1v) is 9.76. The molecule has 3 unspecified atom stereocenters. The molecule has 6 heteroatoms. The summed E-state index contributed by atoms with van der Waals surface area (Å²) in [6.07, 6.45) is 3.73. The van der Waals surface area contributed by atoms with E-state index in [2.05, 4.69) is 11.9 Å². The topological polar surface area (TPSA) is 57.2 Å². The smallest absolute Gasteiger partial charge is 0.338 e. The van der Waals surface area contributed by atoms with Crippen molar-refractivity contribution < 1.29 is 23.7 Å². The van der Waals surface area contributed by atoms with Crippen LogP contribution in [0, 0.1) is 23.7 Å². The lowest BCUT2D eigenvalue weighted by atomic mass is 10.1. The zero-order valence-corrected chi connectivity index (χ0v) is 16.6. The number of ether oxygens (including phenoxy) is 4. The molecule has 4 fully saturated rings. The number of esters is 1. The SMILES string of the molecule is COc1cc(C(=O)OCCCN(C)C2C3CC4C(C3)C42)cc(OC)c1OC. The van der Waals surface area contributed by atoms with Gasteiger partial charge in [-0.3, -0.25) is 0 Å². The summed E-state index contributed by atoms with van der Waals surface area (Å²) >= 11 is 0. The van der Waals surface area contributed by atoms with E-state index in [9.17, 15) is 4.79 Å². The maximum atomic E-state index is 12.4. The molecular formula is C21H29NO5. The molecule has 3 atom stereocenters. The first-order chi connectivity index (χ1) is 13.1. The van der Waals surface area contributed by atoms with E-state index in [-0.39, 0.29) is 5.97 Å². The largest absolute Gasteiger partial charge is 0.493 e. The maximum Gasteiger partial charge on any atom is 0.338 e. The summed E-state index contributed by atoms with van der Waals surface area (Å²) in [5, 5.41) is 0. The predicted molar refractivity (Wildman–Crippen MR) is 101 cm³/mol. The number of carbonyl (C=O) groups is 1. The van der Waals surface area contributed by atoms with Crippen molar-refractivity contribution in [2.24, 2.45) is 23.7 Å². The molecule has 4 bridgehead atoms.